The molecule has 0 aliphatic heterocycles. The van der Waals surface area contributed by atoms with E-state index in [1.54, 1.807) is 4.68 Å². The van der Waals surface area contributed by atoms with Gasteiger partial charge in [-0.15, -0.1) is 5.10 Å². The molecule has 2 heterocycles. The van der Waals surface area contributed by atoms with Crippen LogP contribution in [-0.4, -0.2) is 25.3 Å². The first-order chi connectivity index (χ1) is 8.85. The molecule has 2 aromatic heterocycles. The molecule has 0 aromatic carbocycles. The van der Waals surface area contributed by atoms with Crippen LogP contribution < -0.4 is 5.32 Å². The van der Waals surface area contributed by atoms with Gasteiger partial charge in [-0.1, -0.05) is 6.07 Å². The molecule has 0 aliphatic carbocycles. The van der Waals surface area contributed by atoms with Crippen molar-refractivity contribution in [1.29, 1.82) is 0 Å². The Morgan fingerprint density at radius 2 is 1.95 bits per heavy atom. The molecule has 0 saturated carbocycles. The van der Waals surface area contributed by atoms with Crippen molar-refractivity contribution in [3.63, 3.8) is 0 Å². The summed E-state index contributed by atoms with van der Waals surface area (Å²) in [6.07, 6.45) is 1.88. The van der Waals surface area contributed by atoms with Crippen LogP contribution in [0.4, 0.5) is 0 Å². The van der Waals surface area contributed by atoms with Gasteiger partial charge < -0.3 is 5.32 Å². The van der Waals surface area contributed by atoms with Crippen LogP contribution in [0.25, 0.3) is 5.82 Å². The molecule has 0 fully saturated rings. The van der Waals surface area contributed by atoms with Crippen LogP contribution in [0.15, 0.2) is 18.3 Å². The summed E-state index contributed by atoms with van der Waals surface area (Å²) in [6.45, 7) is 11.1. The normalized spacial score (nSPS) is 11.8. The molecule has 102 valence electrons. The molecule has 2 rings (SSSR count). The maximum atomic E-state index is 4.44. The number of nitrogens with zero attached hydrogens (tertiary/aromatic N) is 4. The smallest absolute Gasteiger partial charge is 0.155 e. The largest absolute Gasteiger partial charge is 0.308 e. The van der Waals surface area contributed by atoms with Crippen molar-refractivity contribution < 1.29 is 0 Å². The zero-order chi connectivity index (χ0) is 14.0. The van der Waals surface area contributed by atoms with Crippen LogP contribution in [0, 0.1) is 13.8 Å². The lowest BCUT2D eigenvalue weighted by Crippen LogP contribution is -2.35. The van der Waals surface area contributed by atoms with E-state index >= 15 is 0 Å². The number of pyridine rings is 1. The molecule has 0 unspecified atom stereocenters. The van der Waals surface area contributed by atoms with Crippen LogP contribution in [-0.2, 0) is 6.54 Å². The highest BCUT2D eigenvalue weighted by Gasteiger charge is 2.09. The van der Waals surface area contributed by atoms with E-state index in [9.17, 15) is 0 Å². The molecular weight excluding hydrogens is 238 g/mol. The minimum atomic E-state index is 0.109. The van der Waals surface area contributed by atoms with Crippen molar-refractivity contribution >= 4 is 0 Å². The molecule has 5 nitrogen and oxygen atoms in total. The summed E-state index contributed by atoms with van der Waals surface area (Å²) < 4.78 is 1.76. The Hall–Kier alpha value is -1.75. The highest BCUT2D eigenvalue weighted by Crippen LogP contribution is 2.09. The summed E-state index contributed by atoms with van der Waals surface area (Å²) in [7, 11) is 0. The lowest BCUT2D eigenvalue weighted by Gasteiger charge is -2.20. The Balaban J connectivity index is 2.12. The van der Waals surface area contributed by atoms with Gasteiger partial charge in [0.15, 0.2) is 5.82 Å². The average molecular weight is 259 g/mol. The summed E-state index contributed by atoms with van der Waals surface area (Å²) in [5.41, 5.74) is 1.27. The zero-order valence-corrected chi connectivity index (χ0v) is 12.2. The maximum absolute atomic E-state index is 4.44. The van der Waals surface area contributed by atoms with Crippen LogP contribution in [0.1, 0.15) is 38.0 Å². The molecule has 0 atom stereocenters. The molecule has 0 saturated heterocycles. The molecule has 0 amide bonds. The van der Waals surface area contributed by atoms with Crippen molar-refractivity contribution in [2.45, 2.75) is 46.7 Å². The van der Waals surface area contributed by atoms with E-state index in [-0.39, 0.29) is 5.54 Å². The first-order valence-corrected chi connectivity index (χ1v) is 6.46. The monoisotopic (exact) mass is 259 g/mol. The molecular formula is C14H21N5. The lowest BCUT2D eigenvalue weighted by molar-refractivity contribution is 0.424. The van der Waals surface area contributed by atoms with Gasteiger partial charge in [0.2, 0.25) is 0 Å². The van der Waals surface area contributed by atoms with Crippen LogP contribution in [0.2, 0.25) is 0 Å². The maximum Gasteiger partial charge on any atom is 0.155 e. The van der Waals surface area contributed by atoms with E-state index < -0.39 is 0 Å². The van der Waals surface area contributed by atoms with Crippen molar-refractivity contribution in [3.05, 3.63) is 35.5 Å². The predicted octanol–water partition coefficient (Wildman–Crippen LogP) is 2.17. The highest BCUT2D eigenvalue weighted by atomic mass is 15.4. The van der Waals surface area contributed by atoms with Gasteiger partial charge in [-0.25, -0.2) is 9.97 Å². The second-order valence-electron chi connectivity index (χ2n) is 5.75. The summed E-state index contributed by atoms with van der Waals surface area (Å²) in [4.78, 5) is 8.72. The Kier molecular flexibility index (Phi) is 3.66. The molecule has 19 heavy (non-hydrogen) atoms. The Morgan fingerprint density at radius 1 is 1.21 bits per heavy atom. The first-order valence-electron chi connectivity index (χ1n) is 6.46. The number of hydrogen-bond donors (Lipinski definition) is 1. The number of aryl methyl sites for hydroxylation is 2. The van der Waals surface area contributed by atoms with Crippen molar-refractivity contribution in [1.82, 2.24) is 25.1 Å². The number of rotatable bonds is 3. The van der Waals surface area contributed by atoms with Gasteiger partial charge in [-0.3, -0.25) is 0 Å². The Morgan fingerprint density at radius 3 is 2.42 bits per heavy atom. The summed E-state index contributed by atoms with van der Waals surface area (Å²) >= 11 is 0. The van der Waals surface area contributed by atoms with E-state index in [0.29, 0.717) is 0 Å². The standard InChI is InChI=1S/C14H21N5/c1-10-17-11(2)19(18-10)13-7-6-12(8-15-13)9-16-14(3,4)5/h6-8,16H,9H2,1-5H3. The van der Waals surface area contributed by atoms with Gasteiger partial charge in [-0.05, 0) is 46.2 Å². The van der Waals surface area contributed by atoms with Crippen LogP contribution in [0.5, 0.6) is 0 Å². The third-order valence-electron chi connectivity index (χ3n) is 2.72. The molecule has 5 heteroatoms. The SMILES string of the molecule is Cc1nc(C)n(-c2ccc(CNC(C)(C)C)cn2)n1. The number of nitrogens with one attached hydrogen (secondary N) is 1. The van der Waals surface area contributed by atoms with E-state index in [1.165, 1.54) is 0 Å². The van der Waals surface area contributed by atoms with Gasteiger partial charge in [0.05, 0.1) is 0 Å². The average Bonchev–Trinajstić information content (AvgIpc) is 2.66. The molecule has 0 aliphatic rings. The van der Waals surface area contributed by atoms with Gasteiger partial charge in [0, 0.05) is 18.3 Å². The van der Waals surface area contributed by atoms with E-state index in [4.69, 9.17) is 0 Å². The van der Waals surface area contributed by atoms with Gasteiger partial charge in [0.25, 0.3) is 0 Å². The van der Waals surface area contributed by atoms with Gasteiger partial charge in [0.1, 0.15) is 11.6 Å². The Labute approximate surface area is 114 Å². The quantitative estimate of drug-likeness (QED) is 0.917. The number of hydrogen-bond acceptors (Lipinski definition) is 4. The summed E-state index contributed by atoms with van der Waals surface area (Å²) in [6, 6.07) is 4.04. The first kappa shape index (κ1) is 13.7. The van der Waals surface area contributed by atoms with Gasteiger partial charge in [-0.2, -0.15) is 4.68 Å². The van der Waals surface area contributed by atoms with Crippen LogP contribution >= 0.6 is 0 Å². The van der Waals surface area contributed by atoms with E-state index in [0.717, 1.165) is 29.6 Å². The molecule has 0 bridgehead atoms. The fraction of sp³-hybridized carbons (Fsp3) is 0.500. The van der Waals surface area contributed by atoms with E-state index in [2.05, 4.69) is 47.2 Å². The summed E-state index contributed by atoms with van der Waals surface area (Å²) in [5.74, 6) is 2.42. The third kappa shape index (κ3) is 3.61. The molecule has 2 aromatic rings. The fourth-order valence-electron chi connectivity index (χ4n) is 1.75. The predicted molar refractivity (Wildman–Crippen MR) is 75.2 cm³/mol. The minimum Gasteiger partial charge on any atom is -0.308 e. The third-order valence-corrected chi connectivity index (χ3v) is 2.72. The Bertz CT molecular complexity index is 548. The van der Waals surface area contributed by atoms with Crippen molar-refractivity contribution in [2.24, 2.45) is 0 Å². The fourth-order valence-corrected chi connectivity index (χ4v) is 1.75. The second-order valence-corrected chi connectivity index (χ2v) is 5.75. The highest BCUT2D eigenvalue weighted by molar-refractivity contribution is 5.25. The number of aromatic nitrogens is 4. The molecule has 0 spiro atoms. The van der Waals surface area contributed by atoms with E-state index in [1.807, 2.05) is 26.1 Å². The summed E-state index contributed by atoms with van der Waals surface area (Å²) in [5, 5.41) is 7.76. The molecule has 1 N–H and O–H groups in total. The lowest BCUT2D eigenvalue weighted by atomic mass is 10.1. The van der Waals surface area contributed by atoms with Crippen molar-refractivity contribution in [2.75, 3.05) is 0 Å². The van der Waals surface area contributed by atoms with Crippen LogP contribution in [0.3, 0.4) is 0 Å². The van der Waals surface area contributed by atoms with Gasteiger partial charge >= 0.3 is 0 Å². The molecule has 0 radical (unpaired) electrons. The zero-order valence-electron chi connectivity index (χ0n) is 12.2. The minimum absolute atomic E-state index is 0.109. The second kappa shape index (κ2) is 5.09. The topological polar surface area (TPSA) is 55.6 Å². The van der Waals surface area contributed by atoms with Crippen molar-refractivity contribution in [3.8, 4) is 5.82 Å².